The Bertz CT molecular complexity index is 1380. The van der Waals surface area contributed by atoms with E-state index >= 15 is 0 Å². The summed E-state index contributed by atoms with van der Waals surface area (Å²) in [7, 11) is 0. The normalized spacial score (nSPS) is 10.8. The fourth-order valence-electron chi connectivity index (χ4n) is 4.17. The van der Waals surface area contributed by atoms with Crippen LogP contribution in [0.25, 0.3) is 10.9 Å². The molecular weight excluding hydrogens is 458 g/mol. The van der Waals surface area contributed by atoms with E-state index in [4.69, 9.17) is 15.3 Å². The van der Waals surface area contributed by atoms with Gasteiger partial charge in [-0.3, -0.25) is 19.2 Å². The number of Topliss-reactive ketones (excluding diaryl/α,β-unsaturated/α-hetero) is 1. The van der Waals surface area contributed by atoms with Crippen molar-refractivity contribution in [3.8, 4) is 5.75 Å². The number of ether oxygens (including phenoxy) is 1. The summed E-state index contributed by atoms with van der Waals surface area (Å²) in [6, 6.07) is 24.5. The van der Waals surface area contributed by atoms with Crippen LogP contribution in [0.1, 0.15) is 34.1 Å². The van der Waals surface area contributed by atoms with E-state index < -0.39 is 17.6 Å². The smallest absolute Gasteiger partial charge is 0.289 e. The van der Waals surface area contributed by atoms with Gasteiger partial charge in [0.15, 0.2) is 6.61 Å². The van der Waals surface area contributed by atoms with Crippen molar-refractivity contribution in [2.45, 2.75) is 26.5 Å². The zero-order chi connectivity index (χ0) is 25.5. The van der Waals surface area contributed by atoms with Crippen molar-refractivity contribution >= 4 is 28.5 Å². The lowest BCUT2D eigenvalue weighted by Crippen LogP contribution is -2.29. The molecule has 184 valence electrons. The van der Waals surface area contributed by atoms with Gasteiger partial charge >= 0.3 is 0 Å². The minimum Gasteiger partial charge on any atom is -0.483 e. The summed E-state index contributed by atoms with van der Waals surface area (Å²) in [5, 5.41) is 0.451. The Hall–Kier alpha value is -4.43. The molecule has 0 saturated carbocycles. The van der Waals surface area contributed by atoms with Gasteiger partial charge in [-0.1, -0.05) is 73.7 Å². The van der Waals surface area contributed by atoms with Crippen molar-refractivity contribution in [1.29, 1.82) is 0 Å². The predicted molar refractivity (Wildman–Crippen MR) is 135 cm³/mol. The number of aromatic nitrogens is 1. The van der Waals surface area contributed by atoms with Gasteiger partial charge in [0.25, 0.3) is 17.6 Å². The SMILES string of the molecule is CCc1c(C(=O)C(N)=O)c2c(OCC(=O)NOCc3ccccc3)cccc2n1Cc1ccccc1. The van der Waals surface area contributed by atoms with E-state index in [0.29, 0.717) is 35.3 Å². The topological polar surface area (TPSA) is 113 Å². The molecule has 4 rings (SSSR count). The average molecular weight is 486 g/mol. The Morgan fingerprint density at radius 1 is 0.889 bits per heavy atom. The van der Waals surface area contributed by atoms with Gasteiger partial charge in [-0.25, -0.2) is 5.48 Å². The van der Waals surface area contributed by atoms with Gasteiger partial charge in [0.2, 0.25) is 0 Å². The molecule has 2 amide bonds. The summed E-state index contributed by atoms with van der Waals surface area (Å²) < 4.78 is 7.79. The number of amides is 2. The lowest BCUT2D eigenvalue weighted by molar-refractivity contribution is -0.136. The van der Waals surface area contributed by atoms with E-state index in [2.05, 4.69) is 5.48 Å². The fourth-order valence-corrected chi connectivity index (χ4v) is 4.17. The third-order valence-corrected chi connectivity index (χ3v) is 5.76. The summed E-state index contributed by atoms with van der Waals surface area (Å²) in [4.78, 5) is 42.5. The van der Waals surface area contributed by atoms with Crippen LogP contribution in [0.2, 0.25) is 0 Å². The van der Waals surface area contributed by atoms with Gasteiger partial charge in [0.05, 0.1) is 23.1 Å². The first-order chi connectivity index (χ1) is 17.5. The number of nitrogens with zero attached hydrogens (tertiary/aromatic N) is 1. The number of benzene rings is 3. The molecule has 0 radical (unpaired) electrons. The number of carbonyl (C=O) groups excluding carboxylic acids is 3. The predicted octanol–water partition coefficient (Wildman–Crippen LogP) is 3.55. The molecule has 1 heterocycles. The van der Waals surface area contributed by atoms with Crippen LogP contribution >= 0.6 is 0 Å². The van der Waals surface area contributed by atoms with Gasteiger partial charge in [-0.2, -0.15) is 0 Å². The van der Waals surface area contributed by atoms with E-state index in [-0.39, 0.29) is 18.8 Å². The Labute approximate surface area is 208 Å². The maximum Gasteiger partial charge on any atom is 0.289 e. The maximum atomic E-state index is 12.9. The van der Waals surface area contributed by atoms with Crippen LogP contribution in [-0.2, 0) is 34.0 Å². The lowest BCUT2D eigenvalue weighted by atomic mass is 10.0. The number of nitrogens with one attached hydrogen (secondary N) is 1. The number of hydrogen-bond acceptors (Lipinski definition) is 5. The van der Waals surface area contributed by atoms with Crippen molar-refractivity contribution in [2.24, 2.45) is 5.73 Å². The third-order valence-electron chi connectivity index (χ3n) is 5.76. The molecule has 3 aromatic carbocycles. The number of nitrogens with two attached hydrogens (primary N) is 1. The molecule has 0 spiro atoms. The standard InChI is InChI=1S/C28H27N3O5/c1-2-21-26(27(33)28(29)34)25-22(31(21)16-19-10-5-3-6-11-19)14-9-15-23(25)35-18-24(32)30-36-17-20-12-7-4-8-13-20/h3-15H,2,16-18H2,1H3,(H2,29,34)(H,30,32). The van der Waals surface area contributed by atoms with Gasteiger partial charge < -0.3 is 15.0 Å². The van der Waals surface area contributed by atoms with E-state index in [1.54, 1.807) is 12.1 Å². The summed E-state index contributed by atoms with van der Waals surface area (Å²) >= 11 is 0. The zero-order valence-corrected chi connectivity index (χ0v) is 19.9. The molecule has 0 aliphatic heterocycles. The van der Waals surface area contributed by atoms with Crippen LogP contribution < -0.4 is 16.0 Å². The van der Waals surface area contributed by atoms with E-state index in [0.717, 1.165) is 11.1 Å². The lowest BCUT2D eigenvalue weighted by Gasteiger charge is -2.11. The fraction of sp³-hybridized carbons (Fsp3) is 0.179. The van der Waals surface area contributed by atoms with Crippen molar-refractivity contribution in [3.63, 3.8) is 0 Å². The van der Waals surface area contributed by atoms with Crippen LogP contribution in [0.4, 0.5) is 0 Å². The second-order valence-electron chi connectivity index (χ2n) is 8.18. The number of fused-ring (bicyclic) bond motifs is 1. The number of rotatable bonds is 11. The van der Waals surface area contributed by atoms with E-state index in [9.17, 15) is 14.4 Å². The first-order valence-corrected chi connectivity index (χ1v) is 11.6. The molecule has 8 heteroatoms. The van der Waals surface area contributed by atoms with Crippen LogP contribution in [0, 0.1) is 0 Å². The first kappa shape index (κ1) is 24.7. The number of primary amides is 1. The highest BCUT2D eigenvalue weighted by Gasteiger charge is 2.27. The Kier molecular flexibility index (Phi) is 7.77. The molecule has 3 N–H and O–H groups in total. The zero-order valence-electron chi connectivity index (χ0n) is 19.9. The number of ketones is 1. The molecule has 0 bridgehead atoms. The molecule has 8 nitrogen and oxygen atoms in total. The summed E-state index contributed by atoms with van der Waals surface area (Å²) in [6.45, 7) is 2.26. The van der Waals surface area contributed by atoms with Crippen molar-refractivity contribution < 1.29 is 24.0 Å². The number of carbonyl (C=O) groups is 3. The first-order valence-electron chi connectivity index (χ1n) is 11.6. The van der Waals surface area contributed by atoms with Gasteiger partial charge in [-0.15, -0.1) is 0 Å². The molecular formula is C28H27N3O5. The summed E-state index contributed by atoms with van der Waals surface area (Å²) in [6.07, 6.45) is 0.489. The Morgan fingerprint density at radius 2 is 1.56 bits per heavy atom. The average Bonchev–Trinajstić information content (AvgIpc) is 3.21. The highest BCUT2D eigenvalue weighted by atomic mass is 16.7. The largest absolute Gasteiger partial charge is 0.483 e. The molecule has 0 fully saturated rings. The molecule has 0 saturated heterocycles. The minimum absolute atomic E-state index is 0.201. The van der Waals surface area contributed by atoms with Gasteiger partial charge in [0, 0.05) is 12.2 Å². The quantitative estimate of drug-likeness (QED) is 0.192. The minimum atomic E-state index is -1.05. The monoisotopic (exact) mass is 485 g/mol. The third kappa shape index (κ3) is 5.45. The summed E-state index contributed by atoms with van der Waals surface area (Å²) in [5.74, 6) is -2.04. The molecule has 0 atom stereocenters. The van der Waals surface area contributed by atoms with Crippen LogP contribution in [-0.4, -0.2) is 28.8 Å². The molecule has 0 aliphatic rings. The van der Waals surface area contributed by atoms with Crippen molar-refractivity contribution in [3.05, 3.63) is 101 Å². The molecule has 36 heavy (non-hydrogen) atoms. The van der Waals surface area contributed by atoms with Crippen LogP contribution in [0.15, 0.2) is 78.9 Å². The molecule has 4 aromatic rings. The highest BCUT2D eigenvalue weighted by Crippen LogP contribution is 2.35. The maximum absolute atomic E-state index is 12.9. The van der Waals surface area contributed by atoms with Gasteiger partial charge in [-0.05, 0) is 29.7 Å². The van der Waals surface area contributed by atoms with Crippen molar-refractivity contribution in [1.82, 2.24) is 10.0 Å². The molecule has 0 aliphatic carbocycles. The molecule has 1 aromatic heterocycles. The number of hydroxylamine groups is 1. The van der Waals surface area contributed by atoms with Gasteiger partial charge in [0.1, 0.15) is 5.75 Å². The second-order valence-corrected chi connectivity index (χ2v) is 8.18. The van der Waals surface area contributed by atoms with Crippen LogP contribution in [0.5, 0.6) is 5.75 Å². The Balaban J connectivity index is 1.61. The van der Waals surface area contributed by atoms with Crippen LogP contribution in [0.3, 0.4) is 0 Å². The van der Waals surface area contributed by atoms with Crippen molar-refractivity contribution in [2.75, 3.05) is 6.61 Å². The summed E-state index contributed by atoms with van der Waals surface area (Å²) in [5.41, 5.74) is 11.3. The molecule has 0 unspecified atom stereocenters. The van der Waals surface area contributed by atoms with E-state index in [1.165, 1.54) is 0 Å². The number of hydrogen-bond donors (Lipinski definition) is 2. The second kappa shape index (κ2) is 11.3. The Morgan fingerprint density at radius 3 is 2.19 bits per heavy atom. The highest BCUT2D eigenvalue weighted by molar-refractivity contribution is 6.45. The van der Waals surface area contributed by atoms with E-state index in [1.807, 2.05) is 78.2 Å².